The van der Waals surface area contributed by atoms with E-state index in [9.17, 15) is 8.42 Å². The average Bonchev–Trinajstić information content (AvgIpc) is 2.64. The lowest BCUT2D eigenvalue weighted by atomic mass is 10.1. The van der Waals surface area contributed by atoms with Crippen molar-refractivity contribution in [2.24, 2.45) is 0 Å². The minimum atomic E-state index is -3.42. The second kappa shape index (κ2) is 7.29. The van der Waals surface area contributed by atoms with Crippen molar-refractivity contribution in [2.75, 3.05) is 50.1 Å². The molecule has 0 bridgehead atoms. The van der Waals surface area contributed by atoms with Crippen LogP contribution in [0.2, 0.25) is 0 Å². The lowest BCUT2D eigenvalue weighted by Gasteiger charge is -2.35. The van der Waals surface area contributed by atoms with Gasteiger partial charge in [-0.05, 0) is 61.4 Å². The highest BCUT2D eigenvalue weighted by molar-refractivity contribution is 7.89. The van der Waals surface area contributed by atoms with Gasteiger partial charge in [0.2, 0.25) is 10.0 Å². The topological polar surface area (TPSA) is 43.9 Å². The summed E-state index contributed by atoms with van der Waals surface area (Å²) in [6.07, 6.45) is 0. The van der Waals surface area contributed by atoms with Crippen molar-refractivity contribution in [3.8, 4) is 0 Å². The Labute approximate surface area is 156 Å². The molecule has 2 aromatic carbocycles. The van der Waals surface area contributed by atoms with E-state index in [-0.39, 0.29) is 0 Å². The first-order valence-corrected chi connectivity index (χ1v) is 10.3. The van der Waals surface area contributed by atoms with Gasteiger partial charge in [0.1, 0.15) is 0 Å². The maximum atomic E-state index is 12.9. The molecule has 1 fully saturated rings. The largest absolute Gasteiger partial charge is 0.378 e. The molecule has 0 radical (unpaired) electrons. The van der Waals surface area contributed by atoms with E-state index in [0.717, 1.165) is 22.5 Å². The predicted molar refractivity (Wildman–Crippen MR) is 108 cm³/mol. The van der Waals surface area contributed by atoms with Crippen LogP contribution in [-0.4, -0.2) is 53.0 Å². The SMILES string of the molecule is Cc1ccc(S(=O)(=O)N2CCN(c3ccc(N(C)C)cc3)CC2)cc1C. The van der Waals surface area contributed by atoms with E-state index < -0.39 is 10.0 Å². The molecule has 3 rings (SSSR count). The quantitative estimate of drug-likeness (QED) is 0.827. The number of benzene rings is 2. The molecule has 5 nitrogen and oxygen atoms in total. The van der Waals surface area contributed by atoms with Crippen LogP contribution in [0.25, 0.3) is 0 Å². The van der Waals surface area contributed by atoms with E-state index in [0.29, 0.717) is 31.1 Å². The van der Waals surface area contributed by atoms with Crippen LogP contribution in [0.1, 0.15) is 11.1 Å². The van der Waals surface area contributed by atoms with E-state index >= 15 is 0 Å². The van der Waals surface area contributed by atoms with Crippen molar-refractivity contribution < 1.29 is 8.42 Å². The van der Waals surface area contributed by atoms with E-state index in [1.807, 2.05) is 34.0 Å². The first kappa shape index (κ1) is 18.7. The third-order valence-electron chi connectivity index (χ3n) is 5.09. The van der Waals surface area contributed by atoms with Gasteiger partial charge < -0.3 is 9.80 Å². The average molecular weight is 374 g/mol. The lowest BCUT2D eigenvalue weighted by Crippen LogP contribution is -2.48. The summed E-state index contributed by atoms with van der Waals surface area (Å²) in [4.78, 5) is 4.70. The summed E-state index contributed by atoms with van der Waals surface area (Å²) < 4.78 is 27.4. The third kappa shape index (κ3) is 3.71. The minimum Gasteiger partial charge on any atom is -0.378 e. The van der Waals surface area contributed by atoms with Crippen LogP contribution in [0.15, 0.2) is 47.4 Å². The molecule has 6 heteroatoms. The van der Waals surface area contributed by atoms with Gasteiger partial charge >= 0.3 is 0 Å². The second-order valence-electron chi connectivity index (χ2n) is 7.05. The van der Waals surface area contributed by atoms with Crippen LogP contribution in [0, 0.1) is 13.8 Å². The number of sulfonamides is 1. The van der Waals surface area contributed by atoms with Crippen molar-refractivity contribution in [3.05, 3.63) is 53.6 Å². The third-order valence-corrected chi connectivity index (χ3v) is 6.98. The highest BCUT2D eigenvalue weighted by Crippen LogP contribution is 2.24. The molecule has 1 saturated heterocycles. The van der Waals surface area contributed by atoms with E-state index in [4.69, 9.17) is 0 Å². The standard InChI is InChI=1S/C20H27N3O2S/c1-16-5-10-20(15-17(16)2)26(24,25)23-13-11-22(12-14-23)19-8-6-18(7-9-19)21(3)4/h5-10,15H,11-14H2,1-4H3. The van der Waals surface area contributed by atoms with Crippen molar-refractivity contribution >= 4 is 21.4 Å². The zero-order valence-electron chi connectivity index (χ0n) is 15.9. The molecule has 0 N–H and O–H groups in total. The van der Waals surface area contributed by atoms with Crippen LogP contribution in [-0.2, 0) is 10.0 Å². The first-order valence-electron chi connectivity index (χ1n) is 8.89. The molecule has 1 aliphatic rings. The minimum absolute atomic E-state index is 0.393. The highest BCUT2D eigenvalue weighted by atomic mass is 32.2. The second-order valence-corrected chi connectivity index (χ2v) is 8.99. The van der Waals surface area contributed by atoms with Crippen LogP contribution >= 0.6 is 0 Å². The van der Waals surface area contributed by atoms with Gasteiger partial charge in [0.05, 0.1) is 4.90 Å². The fraction of sp³-hybridized carbons (Fsp3) is 0.400. The van der Waals surface area contributed by atoms with Crippen LogP contribution in [0.3, 0.4) is 0 Å². The zero-order chi connectivity index (χ0) is 18.9. The summed E-state index contributed by atoms with van der Waals surface area (Å²) in [5, 5.41) is 0. The molecule has 0 spiro atoms. The van der Waals surface area contributed by atoms with Crippen LogP contribution < -0.4 is 9.80 Å². The smallest absolute Gasteiger partial charge is 0.243 e. The molecule has 26 heavy (non-hydrogen) atoms. The molecule has 0 atom stereocenters. The van der Waals surface area contributed by atoms with E-state index in [1.54, 1.807) is 16.4 Å². The van der Waals surface area contributed by atoms with Gasteiger partial charge in [0.25, 0.3) is 0 Å². The lowest BCUT2D eigenvalue weighted by molar-refractivity contribution is 0.385. The molecule has 0 saturated carbocycles. The zero-order valence-corrected chi connectivity index (χ0v) is 16.8. The molecule has 0 aromatic heterocycles. The molecule has 0 unspecified atom stereocenters. The van der Waals surface area contributed by atoms with Crippen molar-refractivity contribution in [1.29, 1.82) is 0 Å². The molecular weight excluding hydrogens is 346 g/mol. The van der Waals surface area contributed by atoms with Gasteiger partial charge in [-0.1, -0.05) is 6.07 Å². The monoisotopic (exact) mass is 373 g/mol. The van der Waals surface area contributed by atoms with Crippen molar-refractivity contribution in [2.45, 2.75) is 18.7 Å². The highest BCUT2D eigenvalue weighted by Gasteiger charge is 2.28. The Bertz CT molecular complexity index is 868. The van der Waals surface area contributed by atoms with Gasteiger partial charge in [0, 0.05) is 51.6 Å². The summed E-state index contributed by atoms with van der Waals surface area (Å²) >= 11 is 0. The maximum absolute atomic E-state index is 12.9. The predicted octanol–water partition coefficient (Wildman–Crippen LogP) is 2.88. The number of rotatable bonds is 4. The number of hydrogen-bond donors (Lipinski definition) is 0. The van der Waals surface area contributed by atoms with Gasteiger partial charge in [0.15, 0.2) is 0 Å². The molecule has 0 amide bonds. The Morgan fingerprint density at radius 1 is 0.846 bits per heavy atom. The Hall–Kier alpha value is -2.05. The number of hydrogen-bond acceptors (Lipinski definition) is 4. The number of aryl methyl sites for hydroxylation is 2. The summed E-state index contributed by atoms with van der Waals surface area (Å²) in [6.45, 7) is 6.35. The van der Waals surface area contributed by atoms with E-state index in [2.05, 4.69) is 34.1 Å². The van der Waals surface area contributed by atoms with Gasteiger partial charge in [-0.3, -0.25) is 0 Å². The molecule has 1 heterocycles. The Morgan fingerprint density at radius 3 is 2.00 bits per heavy atom. The Morgan fingerprint density at radius 2 is 1.46 bits per heavy atom. The van der Waals surface area contributed by atoms with Gasteiger partial charge in [-0.2, -0.15) is 4.31 Å². The van der Waals surface area contributed by atoms with Crippen LogP contribution in [0.4, 0.5) is 11.4 Å². The Kier molecular flexibility index (Phi) is 5.25. The Balaban J connectivity index is 1.70. The molecule has 0 aliphatic carbocycles. The molecule has 2 aromatic rings. The maximum Gasteiger partial charge on any atom is 0.243 e. The fourth-order valence-electron chi connectivity index (χ4n) is 3.17. The van der Waals surface area contributed by atoms with Crippen molar-refractivity contribution in [3.63, 3.8) is 0 Å². The summed E-state index contributed by atoms with van der Waals surface area (Å²) in [5.41, 5.74) is 4.41. The first-order chi connectivity index (χ1) is 12.3. The number of piperazine rings is 1. The fourth-order valence-corrected chi connectivity index (χ4v) is 4.68. The van der Waals surface area contributed by atoms with Gasteiger partial charge in [-0.25, -0.2) is 8.42 Å². The van der Waals surface area contributed by atoms with E-state index in [1.165, 1.54) is 0 Å². The number of anilines is 2. The van der Waals surface area contributed by atoms with Crippen LogP contribution in [0.5, 0.6) is 0 Å². The van der Waals surface area contributed by atoms with Crippen molar-refractivity contribution in [1.82, 2.24) is 4.31 Å². The molecule has 140 valence electrons. The normalized spacial score (nSPS) is 15.9. The summed E-state index contributed by atoms with van der Waals surface area (Å²) in [6, 6.07) is 13.7. The summed E-state index contributed by atoms with van der Waals surface area (Å²) in [5.74, 6) is 0. The molecule has 1 aliphatic heterocycles. The summed E-state index contributed by atoms with van der Waals surface area (Å²) in [7, 11) is 0.614. The number of nitrogens with zero attached hydrogens (tertiary/aromatic N) is 3. The molecular formula is C20H27N3O2S. The van der Waals surface area contributed by atoms with Gasteiger partial charge in [-0.15, -0.1) is 0 Å².